The summed E-state index contributed by atoms with van der Waals surface area (Å²) in [5, 5.41) is 12.3. The number of hydrogen-bond acceptors (Lipinski definition) is 5. The van der Waals surface area contributed by atoms with Gasteiger partial charge in [0.05, 0.1) is 19.3 Å². The lowest BCUT2D eigenvalue weighted by Gasteiger charge is -2.30. The molecule has 35 heavy (non-hydrogen) atoms. The Bertz CT molecular complexity index is 1040. The van der Waals surface area contributed by atoms with E-state index in [-0.39, 0.29) is 38.1 Å². The van der Waals surface area contributed by atoms with E-state index in [4.69, 9.17) is 9.47 Å². The first-order valence-electron chi connectivity index (χ1n) is 12.2. The van der Waals surface area contributed by atoms with Gasteiger partial charge in [-0.15, -0.1) is 0 Å². The molecule has 1 heterocycles. The normalized spacial score (nSPS) is 19.5. The Morgan fingerprint density at radius 3 is 2.26 bits per heavy atom. The van der Waals surface area contributed by atoms with Crippen LogP contribution in [-0.4, -0.2) is 66.4 Å². The topological polar surface area (TPSA) is 105 Å². The van der Waals surface area contributed by atoms with E-state index in [9.17, 15) is 19.5 Å². The van der Waals surface area contributed by atoms with Gasteiger partial charge in [-0.1, -0.05) is 55.5 Å². The SMILES string of the molecule is CC[C@H](CC(=O)N(CC)C1COCC1C(=O)O)NC(=O)OCC1c2ccccc2-c2ccccc21. The van der Waals surface area contributed by atoms with Crippen LogP contribution in [0.5, 0.6) is 0 Å². The first-order chi connectivity index (χ1) is 16.9. The van der Waals surface area contributed by atoms with Gasteiger partial charge >= 0.3 is 12.1 Å². The van der Waals surface area contributed by atoms with Crippen molar-refractivity contribution >= 4 is 18.0 Å². The van der Waals surface area contributed by atoms with Crippen LogP contribution in [0.3, 0.4) is 0 Å². The van der Waals surface area contributed by atoms with Crippen LogP contribution >= 0.6 is 0 Å². The van der Waals surface area contributed by atoms with Crippen LogP contribution in [-0.2, 0) is 19.1 Å². The van der Waals surface area contributed by atoms with E-state index in [1.54, 1.807) is 4.90 Å². The van der Waals surface area contributed by atoms with Gasteiger partial charge in [0.25, 0.3) is 0 Å². The molecule has 2 aromatic rings. The summed E-state index contributed by atoms with van der Waals surface area (Å²) in [7, 11) is 0. The molecule has 3 atom stereocenters. The van der Waals surface area contributed by atoms with Crippen molar-refractivity contribution < 1.29 is 29.0 Å². The minimum atomic E-state index is -0.970. The van der Waals surface area contributed by atoms with Crippen molar-refractivity contribution in [1.29, 1.82) is 0 Å². The molecule has 0 radical (unpaired) electrons. The van der Waals surface area contributed by atoms with Gasteiger partial charge in [0, 0.05) is 24.9 Å². The van der Waals surface area contributed by atoms with Crippen LogP contribution in [0.4, 0.5) is 4.79 Å². The van der Waals surface area contributed by atoms with Crippen molar-refractivity contribution in [2.75, 3.05) is 26.4 Å². The lowest BCUT2D eigenvalue weighted by Crippen LogP contribution is -2.48. The third-order valence-corrected chi connectivity index (χ3v) is 7.01. The highest BCUT2D eigenvalue weighted by Gasteiger charge is 2.39. The summed E-state index contributed by atoms with van der Waals surface area (Å²) in [6.07, 6.45) is 0.0381. The molecule has 2 amide bonds. The van der Waals surface area contributed by atoms with Crippen molar-refractivity contribution in [1.82, 2.24) is 10.2 Å². The third-order valence-electron chi connectivity index (χ3n) is 7.01. The molecule has 1 fully saturated rings. The predicted molar refractivity (Wildman–Crippen MR) is 130 cm³/mol. The second-order valence-corrected chi connectivity index (χ2v) is 9.01. The number of nitrogens with zero attached hydrogens (tertiary/aromatic N) is 1. The zero-order valence-corrected chi connectivity index (χ0v) is 20.1. The highest BCUT2D eigenvalue weighted by atomic mass is 16.5. The molecule has 2 unspecified atom stereocenters. The van der Waals surface area contributed by atoms with Crippen molar-refractivity contribution in [3.63, 3.8) is 0 Å². The number of benzene rings is 2. The molecule has 1 aliphatic heterocycles. The number of amides is 2. The smallest absolute Gasteiger partial charge is 0.407 e. The number of hydrogen-bond donors (Lipinski definition) is 2. The number of rotatable bonds is 9. The molecule has 0 saturated carbocycles. The molecule has 2 N–H and O–H groups in total. The number of carboxylic acid groups (broad SMARTS) is 1. The molecule has 1 saturated heterocycles. The minimum Gasteiger partial charge on any atom is -0.481 e. The summed E-state index contributed by atoms with van der Waals surface area (Å²) >= 11 is 0. The number of alkyl carbamates (subject to hydrolysis) is 1. The molecular weight excluding hydrogens is 448 g/mol. The number of aliphatic carboxylic acids is 1. The summed E-state index contributed by atoms with van der Waals surface area (Å²) in [6.45, 7) is 4.57. The van der Waals surface area contributed by atoms with Gasteiger partial charge < -0.3 is 24.8 Å². The van der Waals surface area contributed by atoms with Gasteiger partial charge in [-0.2, -0.15) is 0 Å². The van der Waals surface area contributed by atoms with Crippen LogP contribution in [0.25, 0.3) is 11.1 Å². The molecular formula is C27H32N2O6. The van der Waals surface area contributed by atoms with E-state index >= 15 is 0 Å². The fourth-order valence-electron chi connectivity index (χ4n) is 5.11. The van der Waals surface area contributed by atoms with Crippen LogP contribution in [0.1, 0.15) is 43.7 Å². The summed E-state index contributed by atoms with van der Waals surface area (Å²) in [6, 6.07) is 15.3. The number of likely N-dealkylation sites (N-methyl/N-ethyl adjacent to an activating group) is 1. The number of carbonyl (C=O) groups is 3. The molecule has 2 aromatic carbocycles. The van der Waals surface area contributed by atoms with E-state index in [1.807, 2.05) is 38.1 Å². The van der Waals surface area contributed by atoms with Gasteiger partial charge in [0.2, 0.25) is 5.91 Å². The molecule has 0 spiro atoms. The van der Waals surface area contributed by atoms with Crippen LogP contribution in [0.2, 0.25) is 0 Å². The monoisotopic (exact) mass is 480 g/mol. The van der Waals surface area contributed by atoms with E-state index in [0.29, 0.717) is 13.0 Å². The van der Waals surface area contributed by atoms with Crippen LogP contribution in [0, 0.1) is 5.92 Å². The maximum Gasteiger partial charge on any atom is 0.407 e. The minimum absolute atomic E-state index is 0.0410. The van der Waals surface area contributed by atoms with Gasteiger partial charge in [-0.3, -0.25) is 9.59 Å². The van der Waals surface area contributed by atoms with E-state index in [1.165, 1.54) is 0 Å². The van der Waals surface area contributed by atoms with E-state index in [0.717, 1.165) is 22.3 Å². The molecule has 1 aliphatic carbocycles. The summed E-state index contributed by atoms with van der Waals surface area (Å²) < 4.78 is 10.9. The first-order valence-corrected chi connectivity index (χ1v) is 12.2. The standard InChI is InChI=1S/C27H32N2O6/c1-3-17(13-25(30)29(4-2)24-16-34-14-23(24)26(31)32)28-27(33)35-15-22-20-11-7-5-9-18(20)19-10-6-8-12-21(19)22/h5-12,17,22-24H,3-4,13-16H2,1-2H3,(H,28,33)(H,31,32)/t17-,23?,24?/m1/s1. The van der Waals surface area contributed by atoms with Gasteiger partial charge in [0.1, 0.15) is 12.5 Å². The maximum atomic E-state index is 13.0. The van der Waals surface area contributed by atoms with Crippen molar-refractivity contribution in [3.05, 3.63) is 59.7 Å². The van der Waals surface area contributed by atoms with Crippen LogP contribution in [0.15, 0.2) is 48.5 Å². The lowest BCUT2D eigenvalue weighted by atomic mass is 9.98. The molecule has 186 valence electrons. The fraction of sp³-hybridized carbons (Fsp3) is 0.444. The molecule has 0 bridgehead atoms. The Labute approximate surface area is 205 Å². The fourth-order valence-corrected chi connectivity index (χ4v) is 5.11. The van der Waals surface area contributed by atoms with Gasteiger partial charge in [-0.25, -0.2) is 4.79 Å². The zero-order valence-electron chi connectivity index (χ0n) is 20.1. The Morgan fingerprint density at radius 1 is 1.06 bits per heavy atom. The van der Waals surface area contributed by atoms with Crippen molar-refractivity contribution in [2.45, 2.75) is 44.7 Å². The molecule has 8 nitrogen and oxygen atoms in total. The Kier molecular flexibility index (Phi) is 7.70. The summed E-state index contributed by atoms with van der Waals surface area (Å²) in [5.74, 6) is -1.96. The Balaban J connectivity index is 1.35. The zero-order chi connectivity index (χ0) is 24.9. The van der Waals surface area contributed by atoms with Crippen molar-refractivity contribution in [2.24, 2.45) is 5.92 Å². The Morgan fingerprint density at radius 2 is 1.69 bits per heavy atom. The van der Waals surface area contributed by atoms with Crippen LogP contribution < -0.4 is 5.32 Å². The third kappa shape index (κ3) is 5.17. The van der Waals surface area contributed by atoms with E-state index in [2.05, 4.69) is 29.6 Å². The maximum absolute atomic E-state index is 13.0. The molecule has 4 rings (SSSR count). The first kappa shape index (κ1) is 24.7. The molecule has 8 heteroatoms. The average molecular weight is 481 g/mol. The second kappa shape index (κ2) is 10.9. The number of ether oxygens (including phenoxy) is 2. The number of carbonyl (C=O) groups excluding carboxylic acids is 2. The van der Waals surface area contributed by atoms with Gasteiger partial charge in [-0.05, 0) is 35.6 Å². The molecule has 0 aromatic heterocycles. The predicted octanol–water partition coefficient (Wildman–Crippen LogP) is 3.64. The molecule has 2 aliphatic rings. The highest BCUT2D eigenvalue weighted by Crippen LogP contribution is 2.44. The summed E-state index contributed by atoms with van der Waals surface area (Å²) in [4.78, 5) is 38.7. The lowest BCUT2D eigenvalue weighted by molar-refractivity contribution is -0.145. The largest absolute Gasteiger partial charge is 0.481 e. The summed E-state index contributed by atoms with van der Waals surface area (Å²) in [5.41, 5.74) is 4.58. The Hall–Kier alpha value is -3.39. The van der Waals surface area contributed by atoms with Crippen molar-refractivity contribution in [3.8, 4) is 11.1 Å². The average Bonchev–Trinajstić information content (AvgIpc) is 3.46. The number of nitrogens with one attached hydrogen (secondary N) is 1. The number of fused-ring (bicyclic) bond motifs is 3. The highest BCUT2D eigenvalue weighted by molar-refractivity contribution is 5.80. The van der Waals surface area contributed by atoms with Gasteiger partial charge in [0.15, 0.2) is 0 Å². The van der Waals surface area contributed by atoms with E-state index < -0.39 is 30.1 Å². The quantitative estimate of drug-likeness (QED) is 0.568. The second-order valence-electron chi connectivity index (χ2n) is 9.01. The number of carboxylic acids is 1.